The van der Waals surface area contributed by atoms with Crippen LogP contribution in [0.5, 0.6) is 0 Å². The minimum absolute atomic E-state index is 0.0660. The van der Waals surface area contributed by atoms with Crippen LogP contribution in [-0.2, 0) is 6.54 Å². The molecular formula is C14H19ClN2O3. The standard InChI is InChI=1S/C14H19ClN2O3/c15-12-6-5-10(7-13(12)17(19)20)8-16-9-11-3-1-2-4-14(11)18/h5-7,11,14,16,18H,1-4,8-9H2. The Morgan fingerprint density at radius 1 is 1.40 bits per heavy atom. The van der Waals surface area contributed by atoms with Gasteiger partial charge in [0, 0.05) is 19.2 Å². The Morgan fingerprint density at radius 2 is 2.15 bits per heavy atom. The van der Waals surface area contributed by atoms with Crippen molar-refractivity contribution in [3.8, 4) is 0 Å². The summed E-state index contributed by atoms with van der Waals surface area (Å²) in [5, 5.41) is 24.1. The lowest BCUT2D eigenvalue weighted by molar-refractivity contribution is -0.384. The monoisotopic (exact) mass is 298 g/mol. The molecule has 2 rings (SSSR count). The van der Waals surface area contributed by atoms with Crippen LogP contribution in [0.25, 0.3) is 0 Å². The number of nitro groups is 1. The highest BCUT2D eigenvalue weighted by atomic mass is 35.5. The summed E-state index contributed by atoms with van der Waals surface area (Å²) in [6.07, 6.45) is 3.95. The van der Waals surface area contributed by atoms with Crippen molar-refractivity contribution in [3.05, 3.63) is 38.9 Å². The third-order valence-corrected chi connectivity index (χ3v) is 4.13. The number of aliphatic hydroxyl groups is 1. The van der Waals surface area contributed by atoms with Gasteiger partial charge in [-0.25, -0.2) is 0 Å². The molecule has 1 saturated carbocycles. The molecule has 0 saturated heterocycles. The fraction of sp³-hybridized carbons (Fsp3) is 0.571. The quantitative estimate of drug-likeness (QED) is 0.647. The van der Waals surface area contributed by atoms with Crippen LogP contribution in [0.4, 0.5) is 5.69 Å². The Balaban J connectivity index is 1.87. The van der Waals surface area contributed by atoms with Crippen molar-refractivity contribution >= 4 is 17.3 Å². The van der Waals surface area contributed by atoms with E-state index < -0.39 is 4.92 Å². The van der Waals surface area contributed by atoms with Gasteiger partial charge in [-0.2, -0.15) is 0 Å². The number of aliphatic hydroxyl groups excluding tert-OH is 1. The van der Waals surface area contributed by atoms with E-state index in [2.05, 4.69) is 5.32 Å². The molecular weight excluding hydrogens is 280 g/mol. The normalized spacial score (nSPS) is 22.7. The second-order valence-electron chi connectivity index (χ2n) is 5.29. The van der Waals surface area contributed by atoms with Gasteiger partial charge in [0.15, 0.2) is 0 Å². The summed E-state index contributed by atoms with van der Waals surface area (Å²) in [6.45, 7) is 1.28. The number of rotatable bonds is 5. The third kappa shape index (κ3) is 3.91. The number of hydrogen-bond acceptors (Lipinski definition) is 4. The lowest BCUT2D eigenvalue weighted by atomic mass is 9.86. The number of hydrogen-bond donors (Lipinski definition) is 2. The average molecular weight is 299 g/mol. The Morgan fingerprint density at radius 3 is 2.85 bits per heavy atom. The van der Waals surface area contributed by atoms with Crippen LogP contribution in [-0.4, -0.2) is 22.7 Å². The zero-order valence-electron chi connectivity index (χ0n) is 11.2. The van der Waals surface area contributed by atoms with Gasteiger partial charge in [-0.05, 0) is 30.4 Å². The second kappa shape index (κ2) is 7.02. The zero-order chi connectivity index (χ0) is 14.5. The van der Waals surface area contributed by atoms with Crippen LogP contribution in [0.2, 0.25) is 5.02 Å². The Kier molecular flexibility index (Phi) is 5.34. The summed E-state index contributed by atoms with van der Waals surface area (Å²) in [5.74, 6) is 0.283. The Bertz CT molecular complexity index is 481. The minimum Gasteiger partial charge on any atom is -0.393 e. The number of halogens is 1. The van der Waals surface area contributed by atoms with Gasteiger partial charge in [0.25, 0.3) is 5.69 Å². The molecule has 0 aromatic heterocycles. The lowest BCUT2D eigenvalue weighted by Crippen LogP contribution is -2.33. The Hall–Kier alpha value is -1.17. The third-order valence-electron chi connectivity index (χ3n) is 3.81. The highest BCUT2D eigenvalue weighted by molar-refractivity contribution is 6.32. The van der Waals surface area contributed by atoms with E-state index >= 15 is 0 Å². The SMILES string of the molecule is O=[N+]([O-])c1cc(CNCC2CCCCC2O)ccc1Cl. The van der Waals surface area contributed by atoms with Crippen molar-refractivity contribution in [2.75, 3.05) is 6.54 Å². The molecule has 1 aromatic carbocycles. The summed E-state index contributed by atoms with van der Waals surface area (Å²) in [5.41, 5.74) is 0.759. The van der Waals surface area contributed by atoms with E-state index in [0.717, 1.165) is 37.8 Å². The molecule has 2 unspecified atom stereocenters. The van der Waals surface area contributed by atoms with Gasteiger partial charge in [-0.15, -0.1) is 0 Å². The molecule has 1 aliphatic carbocycles. The summed E-state index contributed by atoms with van der Waals surface area (Å²) in [6, 6.07) is 4.82. The van der Waals surface area contributed by atoms with Crippen LogP contribution in [0, 0.1) is 16.0 Å². The van der Waals surface area contributed by atoms with Gasteiger partial charge in [0.1, 0.15) is 5.02 Å². The summed E-state index contributed by atoms with van der Waals surface area (Å²) >= 11 is 5.77. The van der Waals surface area contributed by atoms with Crippen molar-refractivity contribution in [1.82, 2.24) is 5.32 Å². The van der Waals surface area contributed by atoms with Gasteiger partial charge in [0.2, 0.25) is 0 Å². The van der Waals surface area contributed by atoms with Gasteiger partial charge >= 0.3 is 0 Å². The molecule has 20 heavy (non-hydrogen) atoms. The average Bonchev–Trinajstić information content (AvgIpc) is 2.42. The van der Waals surface area contributed by atoms with E-state index in [1.54, 1.807) is 12.1 Å². The first kappa shape index (κ1) is 15.2. The predicted molar refractivity (Wildman–Crippen MR) is 77.8 cm³/mol. The molecule has 2 atom stereocenters. The molecule has 2 N–H and O–H groups in total. The lowest BCUT2D eigenvalue weighted by Gasteiger charge is -2.27. The molecule has 0 aliphatic heterocycles. The number of benzene rings is 1. The first-order chi connectivity index (χ1) is 9.58. The molecule has 1 fully saturated rings. The van der Waals surface area contributed by atoms with Gasteiger partial charge in [-0.3, -0.25) is 10.1 Å². The summed E-state index contributed by atoms with van der Waals surface area (Å²) in [7, 11) is 0. The summed E-state index contributed by atoms with van der Waals surface area (Å²) < 4.78 is 0. The van der Waals surface area contributed by atoms with Crippen molar-refractivity contribution in [2.24, 2.45) is 5.92 Å². The highest BCUT2D eigenvalue weighted by Gasteiger charge is 2.22. The molecule has 1 aliphatic rings. The van der Waals surface area contributed by atoms with Crippen LogP contribution in [0.1, 0.15) is 31.2 Å². The molecule has 1 aromatic rings. The first-order valence-corrected chi connectivity index (χ1v) is 7.27. The fourth-order valence-corrected chi connectivity index (χ4v) is 2.82. The van der Waals surface area contributed by atoms with E-state index in [1.165, 1.54) is 6.07 Å². The number of nitrogens with zero attached hydrogens (tertiary/aromatic N) is 1. The van der Waals surface area contributed by atoms with Gasteiger partial charge < -0.3 is 10.4 Å². The van der Waals surface area contributed by atoms with Crippen molar-refractivity contribution in [2.45, 2.75) is 38.3 Å². The largest absolute Gasteiger partial charge is 0.393 e. The summed E-state index contributed by atoms with van der Waals surface area (Å²) in [4.78, 5) is 10.3. The first-order valence-electron chi connectivity index (χ1n) is 6.89. The molecule has 0 spiro atoms. The van der Waals surface area contributed by atoms with Gasteiger partial charge in [-0.1, -0.05) is 30.5 Å². The molecule has 0 bridgehead atoms. The van der Waals surface area contributed by atoms with Crippen LogP contribution in [0.15, 0.2) is 18.2 Å². The van der Waals surface area contributed by atoms with E-state index in [-0.39, 0.29) is 22.7 Å². The smallest absolute Gasteiger partial charge is 0.288 e. The molecule has 0 radical (unpaired) electrons. The van der Waals surface area contributed by atoms with Crippen LogP contribution < -0.4 is 5.32 Å². The van der Waals surface area contributed by atoms with Crippen LogP contribution >= 0.6 is 11.6 Å². The maximum Gasteiger partial charge on any atom is 0.288 e. The van der Waals surface area contributed by atoms with Gasteiger partial charge in [0.05, 0.1) is 11.0 Å². The number of nitrogens with one attached hydrogen (secondary N) is 1. The maximum atomic E-state index is 10.8. The van der Waals surface area contributed by atoms with Crippen LogP contribution in [0.3, 0.4) is 0 Å². The fourth-order valence-electron chi connectivity index (χ4n) is 2.64. The zero-order valence-corrected chi connectivity index (χ0v) is 12.0. The maximum absolute atomic E-state index is 10.8. The van der Waals surface area contributed by atoms with E-state index in [9.17, 15) is 15.2 Å². The van der Waals surface area contributed by atoms with Crippen molar-refractivity contribution < 1.29 is 10.0 Å². The molecule has 110 valence electrons. The van der Waals surface area contributed by atoms with Crippen molar-refractivity contribution in [1.29, 1.82) is 0 Å². The number of nitro benzene ring substituents is 1. The van der Waals surface area contributed by atoms with E-state index in [0.29, 0.717) is 6.54 Å². The Labute approximate surface area is 123 Å². The highest BCUT2D eigenvalue weighted by Crippen LogP contribution is 2.26. The second-order valence-corrected chi connectivity index (χ2v) is 5.69. The van der Waals surface area contributed by atoms with Crippen molar-refractivity contribution in [3.63, 3.8) is 0 Å². The minimum atomic E-state index is -0.475. The molecule has 5 nitrogen and oxygen atoms in total. The van der Waals surface area contributed by atoms with E-state index in [1.807, 2.05) is 0 Å². The predicted octanol–water partition coefficient (Wildman–Crippen LogP) is 2.89. The molecule has 0 amide bonds. The molecule has 6 heteroatoms. The molecule has 0 heterocycles. The van der Waals surface area contributed by atoms with E-state index in [4.69, 9.17) is 11.6 Å². The topological polar surface area (TPSA) is 75.4 Å².